The van der Waals surface area contributed by atoms with Crippen molar-refractivity contribution in [1.29, 1.82) is 0 Å². The number of furan rings is 1. The molecule has 0 fully saturated rings. The molecule has 21 heavy (non-hydrogen) atoms. The van der Waals surface area contributed by atoms with Gasteiger partial charge in [0.2, 0.25) is 0 Å². The molecule has 116 valence electrons. The summed E-state index contributed by atoms with van der Waals surface area (Å²) in [5, 5.41) is 7.90. The number of hydrogen-bond donors (Lipinski definition) is 1. The Morgan fingerprint density at radius 3 is 2.76 bits per heavy atom. The van der Waals surface area contributed by atoms with Crippen molar-refractivity contribution in [3.05, 3.63) is 36.5 Å². The molecule has 5 heteroatoms. The van der Waals surface area contributed by atoms with Gasteiger partial charge in [0.1, 0.15) is 5.76 Å². The fourth-order valence-electron chi connectivity index (χ4n) is 2.41. The fraction of sp³-hybridized carbons (Fsp3) is 0.562. The van der Waals surface area contributed by atoms with E-state index in [1.807, 2.05) is 23.0 Å². The van der Waals surface area contributed by atoms with Gasteiger partial charge in [-0.1, -0.05) is 20.8 Å². The van der Waals surface area contributed by atoms with Crippen molar-refractivity contribution in [3.8, 4) is 0 Å². The van der Waals surface area contributed by atoms with Gasteiger partial charge in [-0.2, -0.15) is 5.10 Å². The highest BCUT2D eigenvalue weighted by Crippen LogP contribution is 2.22. The Kier molecular flexibility index (Phi) is 5.87. The van der Waals surface area contributed by atoms with Gasteiger partial charge in [-0.25, -0.2) is 0 Å². The largest absolute Gasteiger partial charge is 0.467 e. The van der Waals surface area contributed by atoms with Gasteiger partial charge in [-0.15, -0.1) is 0 Å². The van der Waals surface area contributed by atoms with Crippen molar-refractivity contribution < 1.29 is 4.42 Å². The second kappa shape index (κ2) is 7.88. The maximum absolute atomic E-state index is 5.48. The Morgan fingerprint density at radius 2 is 2.14 bits per heavy atom. The molecule has 0 saturated carbocycles. The van der Waals surface area contributed by atoms with Crippen LogP contribution in [0.15, 0.2) is 35.2 Å². The van der Waals surface area contributed by atoms with Crippen LogP contribution in [-0.2, 0) is 6.54 Å². The Balaban J connectivity index is 1.90. The third-order valence-electron chi connectivity index (χ3n) is 3.81. The van der Waals surface area contributed by atoms with Gasteiger partial charge in [0.15, 0.2) is 0 Å². The highest BCUT2D eigenvalue weighted by Gasteiger charge is 2.12. The van der Waals surface area contributed by atoms with Crippen molar-refractivity contribution in [2.75, 3.05) is 25.0 Å². The van der Waals surface area contributed by atoms with Gasteiger partial charge in [0, 0.05) is 12.7 Å². The summed E-state index contributed by atoms with van der Waals surface area (Å²) in [6.45, 7) is 10.6. The molecule has 0 amide bonds. The minimum atomic E-state index is 0.195. The van der Waals surface area contributed by atoms with E-state index in [9.17, 15) is 0 Å². The second-order valence-electron chi connectivity index (χ2n) is 5.14. The van der Waals surface area contributed by atoms with Crippen LogP contribution in [0.5, 0.6) is 0 Å². The first kappa shape index (κ1) is 15.6. The molecule has 2 heterocycles. The van der Waals surface area contributed by atoms with E-state index in [1.54, 1.807) is 6.26 Å². The predicted octanol–water partition coefficient (Wildman–Crippen LogP) is 3.38. The van der Waals surface area contributed by atoms with E-state index in [4.69, 9.17) is 4.42 Å². The summed E-state index contributed by atoms with van der Waals surface area (Å²) in [6, 6.07) is 4.12. The summed E-state index contributed by atoms with van der Waals surface area (Å²) in [6.07, 6.45) is 6.63. The van der Waals surface area contributed by atoms with E-state index < -0.39 is 0 Å². The standard InChI is InChI=1S/C16H26N4O/c1-4-15(16-8-7-11-21-16)18-14-12-17-20(13-14)10-9-19(5-2)6-3/h7-8,11-13,15,18H,4-6,9-10H2,1-3H3. The summed E-state index contributed by atoms with van der Waals surface area (Å²) >= 11 is 0. The van der Waals surface area contributed by atoms with Crippen molar-refractivity contribution in [2.45, 2.75) is 39.8 Å². The lowest BCUT2D eigenvalue weighted by Gasteiger charge is -2.17. The molecule has 0 radical (unpaired) electrons. The van der Waals surface area contributed by atoms with Crippen LogP contribution in [0, 0.1) is 0 Å². The smallest absolute Gasteiger partial charge is 0.125 e. The molecule has 2 aromatic rings. The third kappa shape index (κ3) is 4.36. The summed E-state index contributed by atoms with van der Waals surface area (Å²) < 4.78 is 7.47. The molecular weight excluding hydrogens is 264 g/mol. The van der Waals surface area contributed by atoms with Crippen LogP contribution >= 0.6 is 0 Å². The van der Waals surface area contributed by atoms with Gasteiger partial charge in [0.05, 0.1) is 30.7 Å². The SMILES string of the molecule is CCC(Nc1cnn(CCN(CC)CC)c1)c1ccco1. The number of rotatable bonds is 9. The molecule has 0 bridgehead atoms. The molecule has 2 aromatic heterocycles. The zero-order chi connectivity index (χ0) is 15.1. The number of likely N-dealkylation sites (N-methyl/N-ethyl adjacent to an activating group) is 1. The topological polar surface area (TPSA) is 46.2 Å². The zero-order valence-electron chi connectivity index (χ0n) is 13.2. The first-order chi connectivity index (χ1) is 10.3. The maximum Gasteiger partial charge on any atom is 0.125 e. The highest BCUT2D eigenvalue weighted by atomic mass is 16.3. The van der Waals surface area contributed by atoms with Crippen LogP contribution < -0.4 is 5.32 Å². The number of nitrogens with zero attached hydrogens (tertiary/aromatic N) is 3. The fourth-order valence-corrected chi connectivity index (χ4v) is 2.41. The quantitative estimate of drug-likeness (QED) is 0.769. The van der Waals surface area contributed by atoms with Crippen LogP contribution in [0.1, 0.15) is 39.0 Å². The molecule has 0 aliphatic rings. The Labute approximate surface area is 126 Å². The average molecular weight is 290 g/mol. The van der Waals surface area contributed by atoms with E-state index in [0.717, 1.165) is 44.0 Å². The predicted molar refractivity (Wildman–Crippen MR) is 85.4 cm³/mol. The number of anilines is 1. The van der Waals surface area contributed by atoms with Crippen LogP contribution in [0.4, 0.5) is 5.69 Å². The zero-order valence-corrected chi connectivity index (χ0v) is 13.2. The Morgan fingerprint density at radius 1 is 1.33 bits per heavy atom. The number of aromatic nitrogens is 2. The van der Waals surface area contributed by atoms with Crippen LogP contribution in [0.2, 0.25) is 0 Å². The van der Waals surface area contributed by atoms with E-state index in [1.165, 1.54) is 0 Å². The summed E-state index contributed by atoms with van der Waals surface area (Å²) in [5.74, 6) is 0.966. The molecule has 1 atom stereocenters. The van der Waals surface area contributed by atoms with Crippen molar-refractivity contribution >= 4 is 5.69 Å². The molecule has 2 rings (SSSR count). The molecule has 0 aliphatic heterocycles. The van der Waals surface area contributed by atoms with E-state index in [-0.39, 0.29) is 6.04 Å². The summed E-state index contributed by atoms with van der Waals surface area (Å²) in [4.78, 5) is 2.40. The van der Waals surface area contributed by atoms with Crippen LogP contribution in [-0.4, -0.2) is 34.3 Å². The molecular formula is C16H26N4O. The summed E-state index contributed by atoms with van der Waals surface area (Å²) in [5.41, 5.74) is 1.04. The average Bonchev–Trinajstić information content (AvgIpc) is 3.17. The lowest BCUT2D eigenvalue weighted by molar-refractivity contribution is 0.285. The van der Waals surface area contributed by atoms with E-state index >= 15 is 0 Å². The highest BCUT2D eigenvalue weighted by molar-refractivity contribution is 5.40. The van der Waals surface area contributed by atoms with Gasteiger partial charge in [-0.05, 0) is 31.6 Å². The second-order valence-corrected chi connectivity index (χ2v) is 5.14. The molecule has 0 aliphatic carbocycles. The molecule has 5 nitrogen and oxygen atoms in total. The van der Waals surface area contributed by atoms with Crippen LogP contribution in [0.25, 0.3) is 0 Å². The first-order valence-corrected chi connectivity index (χ1v) is 7.81. The van der Waals surface area contributed by atoms with Crippen molar-refractivity contribution in [3.63, 3.8) is 0 Å². The Bertz CT molecular complexity index is 502. The monoisotopic (exact) mass is 290 g/mol. The van der Waals surface area contributed by atoms with Crippen LogP contribution in [0.3, 0.4) is 0 Å². The maximum atomic E-state index is 5.48. The van der Waals surface area contributed by atoms with Gasteiger partial charge in [0.25, 0.3) is 0 Å². The third-order valence-corrected chi connectivity index (χ3v) is 3.81. The Hall–Kier alpha value is -1.75. The number of hydrogen-bond acceptors (Lipinski definition) is 4. The molecule has 1 unspecified atom stereocenters. The minimum absolute atomic E-state index is 0.195. The van der Waals surface area contributed by atoms with Gasteiger partial charge >= 0.3 is 0 Å². The minimum Gasteiger partial charge on any atom is -0.467 e. The molecule has 0 saturated heterocycles. The van der Waals surface area contributed by atoms with E-state index in [0.29, 0.717) is 0 Å². The normalized spacial score (nSPS) is 12.8. The lowest BCUT2D eigenvalue weighted by atomic mass is 10.1. The summed E-state index contributed by atoms with van der Waals surface area (Å²) in [7, 11) is 0. The van der Waals surface area contributed by atoms with Crippen molar-refractivity contribution in [1.82, 2.24) is 14.7 Å². The first-order valence-electron chi connectivity index (χ1n) is 7.81. The van der Waals surface area contributed by atoms with Crippen molar-refractivity contribution in [2.24, 2.45) is 0 Å². The lowest BCUT2D eigenvalue weighted by Crippen LogP contribution is -2.27. The molecule has 0 spiro atoms. The molecule has 0 aromatic carbocycles. The number of nitrogens with one attached hydrogen (secondary N) is 1. The van der Waals surface area contributed by atoms with E-state index in [2.05, 4.69) is 42.3 Å². The van der Waals surface area contributed by atoms with Gasteiger partial charge in [-0.3, -0.25) is 4.68 Å². The van der Waals surface area contributed by atoms with Gasteiger partial charge < -0.3 is 14.6 Å². The molecule has 1 N–H and O–H groups in total.